The summed E-state index contributed by atoms with van der Waals surface area (Å²) < 4.78 is 0. The van der Waals surface area contributed by atoms with E-state index >= 15 is 0 Å². The highest BCUT2D eigenvalue weighted by molar-refractivity contribution is 5.91. The fourth-order valence-electron chi connectivity index (χ4n) is 2.51. The van der Waals surface area contributed by atoms with Gasteiger partial charge in [0.15, 0.2) is 0 Å². The topological polar surface area (TPSA) is 58.1 Å². The van der Waals surface area contributed by atoms with E-state index in [1.54, 1.807) is 12.4 Å². The zero-order valence-corrected chi connectivity index (χ0v) is 11.0. The van der Waals surface area contributed by atoms with E-state index < -0.39 is 0 Å². The van der Waals surface area contributed by atoms with E-state index in [4.69, 9.17) is 0 Å². The molecule has 1 aromatic rings. The molecule has 0 aliphatic heterocycles. The lowest BCUT2D eigenvalue weighted by Crippen LogP contribution is -2.42. The molecule has 1 aliphatic rings. The fourth-order valence-corrected chi connectivity index (χ4v) is 2.51. The Balaban J connectivity index is 1.96. The van der Waals surface area contributed by atoms with E-state index in [2.05, 4.69) is 15.3 Å². The van der Waals surface area contributed by atoms with Crippen molar-refractivity contribution in [2.45, 2.75) is 37.8 Å². The number of carbonyl (C=O) groups is 1. The lowest BCUT2D eigenvalue weighted by atomic mass is 9.90. The summed E-state index contributed by atoms with van der Waals surface area (Å²) in [6.07, 6.45) is 9.01. The van der Waals surface area contributed by atoms with Crippen molar-refractivity contribution in [3.63, 3.8) is 0 Å². The number of rotatable bonds is 3. The Labute approximate surface area is 108 Å². The minimum absolute atomic E-state index is 0.0315. The van der Waals surface area contributed by atoms with Gasteiger partial charge in [-0.25, -0.2) is 4.98 Å². The van der Waals surface area contributed by atoms with Crippen LogP contribution in [-0.2, 0) is 0 Å². The predicted molar refractivity (Wildman–Crippen MR) is 69.2 cm³/mol. The normalized spacial score (nSPS) is 23.7. The first-order chi connectivity index (χ1) is 8.72. The third-order valence-electron chi connectivity index (χ3n) is 3.76. The van der Waals surface area contributed by atoms with Crippen LogP contribution in [0.3, 0.4) is 0 Å². The summed E-state index contributed by atoms with van der Waals surface area (Å²) in [7, 11) is 3.86. The number of hydrogen-bond acceptors (Lipinski definition) is 4. The van der Waals surface area contributed by atoms with Gasteiger partial charge in [-0.1, -0.05) is 0 Å². The van der Waals surface area contributed by atoms with Crippen molar-refractivity contribution in [2.75, 3.05) is 14.1 Å². The number of nitrogens with one attached hydrogen (secondary N) is 1. The SMILES string of the molecule is CNC1CCC(N(C)C(=O)c2cnccn2)CC1. The van der Waals surface area contributed by atoms with E-state index in [1.165, 1.54) is 6.20 Å². The molecule has 5 heteroatoms. The summed E-state index contributed by atoms with van der Waals surface area (Å²) in [5.74, 6) is -0.0315. The maximum atomic E-state index is 12.2. The molecule has 0 bridgehead atoms. The average molecular weight is 248 g/mol. The van der Waals surface area contributed by atoms with Crippen LogP contribution >= 0.6 is 0 Å². The first-order valence-electron chi connectivity index (χ1n) is 6.43. The van der Waals surface area contributed by atoms with Crippen LogP contribution in [0.15, 0.2) is 18.6 Å². The molecule has 1 aliphatic carbocycles. The van der Waals surface area contributed by atoms with Gasteiger partial charge in [-0.05, 0) is 32.7 Å². The highest BCUT2D eigenvalue weighted by Crippen LogP contribution is 2.22. The van der Waals surface area contributed by atoms with Crippen molar-refractivity contribution in [3.8, 4) is 0 Å². The minimum Gasteiger partial charge on any atom is -0.337 e. The van der Waals surface area contributed by atoms with Crippen molar-refractivity contribution in [2.24, 2.45) is 0 Å². The monoisotopic (exact) mass is 248 g/mol. The van der Waals surface area contributed by atoms with Crippen LogP contribution in [0.5, 0.6) is 0 Å². The second-order valence-corrected chi connectivity index (χ2v) is 4.80. The average Bonchev–Trinajstić information content (AvgIpc) is 2.47. The molecule has 0 radical (unpaired) electrons. The zero-order valence-electron chi connectivity index (χ0n) is 11.0. The van der Waals surface area contributed by atoms with Crippen molar-refractivity contribution < 1.29 is 4.79 Å². The van der Waals surface area contributed by atoms with Crippen LogP contribution in [0.1, 0.15) is 36.2 Å². The standard InChI is InChI=1S/C13H20N4O/c1-14-10-3-5-11(6-4-10)17(2)13(18)12-9-15-7-8-16-12/h7-11,14H,3-6H2,1-2H3. The molecule has 0 spiro atoms. The fraction of sp³-hybridized carbons (Fsp3) is 0.615. The molecule has 1 saturated carbocycles. The molecule has 0 saturated heterocycles. The first kappa shape index (κ1) is 13.0. The molecule has 0 atom stereocenters. The van der Waals surface area contributed by atoms with E-state index in [0.29, 0.717) is 17.8 Å². The van der Waals surface area contributed by atoms with Crippen molar-refractivity contribution >= 4 is 5.91 Å². The molecule has 0 unspecified atom stereocenters. The Bertz CT molecular complexity index is 387. The van der Waals surface area contributed by atoms with Gasteiger partial charge in [-0.3, -0.25) is 9.78 Å². The van der Waals surface area contributed by atoms with Gasteiger partial charge in [0.25, 0.3) is 5.91 Å². The molecule has 1 aromatic heterocycles. The maximum Gasteiger partial charge on any atom is 0.274 e. The Morgan fingerprint density at radius 3 is 2.61 bits per heavy atom. The predicted octanol–water partition coefficient (Wildman–Crippen LogP) is 1.08. The quantitative estimate of drug-likeness (QED) is 0.869. The van der Waals surface area contributed by atoms with Crippen LogP contribution in [0.2, 0.25) is 0 Å². The minimum atomic E-state index is -0.0315. The lowest BCUT2D eigenvalue weighted by molar-refractivity contribution is 0.0679. The Morgan fingerprint density at radius 1 is 1.33 bits per heavy atom. The Morgan fingerprint density at radius 2 is 2.06 bits per heavy atom. The van der Waals surface area contributed by atoms with Crippen LogP contribution in [-0.4, -0.2) is 47.0 Å². The molecular formula is C13H20N4O. The van der Waals surface area contributed by atoms with E-state index in [0.717, 1.165) is 25.7 Å². The highest BCUT2D eigenvalue weighted by atomic mass is 16.2. The largest absolute Gasteiger partial charge is 0.337 e. The lowest BCUT2D eigenvalue weighted by Gasteiger charge is -2.34. The summed E-state index contributed by atoms with van der Waals surface area (Å²) in [4.78, 5) is 22.0. The van der Waals surface area contributed by atoms with Crippen LogP contribution < -0.4 is 5.32 Å². The highest BCUT2D eigenvalue weighted by Gasteiger charge is 2.26. The third kappa shape index (κ3) is 2.85. The molecule has 18 heavy (non-hydrogen) atoms. The number of aromatic nitrogens is 2. The van der Waals surface area contributed by atoms with Crippen molar-refractivity contribution in [3.05, 3.63) is 24.3 Å². The van der Waals surface area contributed by atoms with Gasteiger partial charge in [-0.2, -0.15) is 0 Å². The molecule has 2 rings (SSSR count). The van der Waals surface area contributed by atoms with E-state index in [9.17, 15) is 4.79 Å². The van der Waals surface area contributed by atoms with Gasteiger partial charge < -0.3 is 10.2 Å². The van der Waals surface area contributed by atoms with Crippen LogP contribution in [0.25, 0.3) is 0 Å². The van der Waals surface area contributed by atoms with Gasteiger partial charge in [0, 0.05) is 31.5 Å². The van der Waals surface area contributed by atoms with Gasteiger partial charge in [0.1, 0.15) is 5.69 Å². The summed E-state index contributed by atoms with van der Waals surface area (Å²) >= 11 is 0. The first-order valence-corrected chi connectivity index (χ1v) is 6.43. The molecule has 1 heterocycles. The molecule has 1 amide bonds. The van der Waals surface area contributed by atoms with Crippen molar-refractivity contribution in [1.82, 2.24) is 20.2 Å². The van der Waals surface area contributed by atoms with Crippen LogP contribution in [0.4, 0.5) is 0 Å². The molecular weight excluding hydrogens is 228 g/mol. The number of amides is 1. The summed E-state index contributed by atoms with van der Waals surface area (Å²) in [5, 5.41) is 3.30. The third-order valence-corrected chi connectivity index (χ3v) is 3.76. The molecule has 0 aromatic carbocycles. The number of nitrogens with zero attached hydrogens (tertiary/aromatic N) is 3. The second-order valence-electron chi connectivity index (χ2n) is 4.80. The van der Waals surface area contributed by atoms with Gasteiger partial charge in [0.2, 0.25) is 0 Å². The smallest absolute Gasteiger partial charge is 0.274 e. The Hall–Kier alpha value is -1.49. The summed E-state index contributed by atoms with van der Waals surface area (Å²) in [6, 6.07) is 0.922. The van der Waals surface area contributed by atoms with E-state index in [-0.39, 0.29) is 5.91 Å². The van der Waals surface area contributed by atoms with E-state index in [1.807, 2.05) is 19.0 Å². The molecule has 5 nitrogen and oxygen atoms in total. The number of hydrogen-bond donors (Lipinski definition) is 1. The zero-order chi connectivity index (χ0) is 13.0. The number of carbonyl (C=O) groups excluding carboxylic acids is 1. The maximum absolute atomic E-state index is 12.2. The van der Waals surface area contributed by atoms with Gasteiger partial charge in [0.05, 0.1) is 6.20 Å². The Kier molecular flexibility index (Phi) is 4.25. The van der Waals surface area contributed by atoms with Crippen molar-refractivity contribution in [1.29, 1.82) is 0 Å². The summed E-state index contributed by atoms with van der Waals surface area (Å²) in [6.45, 7) is 0. The molecule has 1 fully saturated rings. The molecule has 1 N–H and O–H groups in total. The van der Waals surface area contributed by atoms with Gasteiger partial charge >= 0.3 is 0 Å². The molecule has 98 valence electrons. The summed E-state index contributed by atoms with van der Waals surface area (Å²) in [5.41, 5.74) is 0.427. The second kappa shape index (κ2) is 5.91. The van der Waals surface area contributed by atoms with Gasteiger partial charge in [-0.15, -0.1) is 0 Å². The van der Waals surface area contributed by atoms with Crippen LogP contribution in [0, 0.1) is 0 Å².